The minimum atomic E-state index is -0.972. The number of pyridine rings is 1. The summed E-state index contributed by atoms with van der Waals surface area (Å²) in [6.45, 7) is 2.55. The highest BCUT2D eigenvalue weighted by Crippen LogP contribution is 2.26. The molecule has 0 spiro atoms. The molecule has 0 radical (unpaired) electrons. The van der Waals surface area contributed by atoms with Gasteiger partial charge in [0, 0.05) is 31.6 Å². The quantitative estimate of drug-likeness (QED) is 0.388. The van der Waals surface area contributed by atoms with Crippen molar-refractivity contribution in [2.24, 2.45) is 0 Å². The fourth-order valence-electron chi connectivity index (χ4n) is 4.33. The van der Waals surface area contributed by atoms with E-state index < -0.39 is 5.97 Å². The van der Waals surface area contributed by atoms with Gasteiger partial charge in [-0.25, -0.2) is 14.6 Å². The number of aliphatic carboxylic acids is 1. The van der Waals surface area contributed by atoms with E-state index in [1.165, 1.54) is 10.9 Å². The summed E-state index contributed by atoms with van der Waals surface area (Å²) in [6.07, 6.45) is 4.91. The summed E-state index contributed by atoms with van der Waals surface area (Å²) >= 11 is 0. The van der Waals surface area contributed by atoms with E-state index in [0.717, 1.165) is 29.8 Å². The van der Waals surface area contributed by atoms with Crippen LogP contribution in [-0.2, 0) is 11.3 Å². The van der Waals surface area contributed by atoms with Crippen molar-refractivity contribution in [2.75, 3.05) is 41.7 Å². The number of rotatable bonds is 5. The number of anilines is 3. The molecule has 1 aliphatic rings. The standard InChI is InChI=1S/C23H22N10O2/c24-16-5-6-18(25-12-16)30-7-9-31(10-8-30)23-28-21-20(26-14-32(21)13-19(34)35)22(29-23)33-17-4-2-1-3-15(17)11-27-33/h1-6,11-12,14H,7-10,13,24H2,(H,34,35). The van der Waals surface area contributed by atoms with E-state index in [-0.39, 0.29) is 6.54 Å². The van der Waals surface area contributed by atoms with Gasteiger partial charge < -0.3 is 25.2 Å². The Kier molecular flexibility index (Phi) is 4.90. The number of nitrogen functional groups attached to an aromatic ring is 1. The topological polar surface area (TPSA) is 144 Å². The monoisotopic (exact) mass is 470 g/mol. The molecule has 6 rings (SSSR count). The fraction of sp³-hybridized carbons (Fsp3) is 0.217. The first kappa shape index (κ1) is 20.8. The molecule has 0 bridgehead atoms. The first-order valence-corrected chi connectivity index (χ1v) is 11.2. The lowest BCUT2D eigenvalue weighted by Crippen LogP contribution is -2.47. The number of piperazine rings is 1. The van der Waals surface area contributed by atoms with Crippen LogP contribution >= 0.6 is 0 Å². The van der Waals surface area contributed by atoms with Crippen LogP contribution in [0.3, 0.4) is 0 Å². The van der Waals surface area contributed by atoms with Gasteiger partial charge in [0.25, 0.3) is 0 Å². The highest BCUT2D eigenvalue weighted by Gasteiger charge is 2.24. The summed E-state index contributed by atoms with van der Waals surface area (Å²) in [4.78, 5) is 34.2. The number of carboxylic acid groups (broad SMARTS) is 1. The molecular weight excluding hydrogens is 448 g/mol. The Bertz CT molecular complexity index is 1530. The van der Waals surface area contributed by atoms with Gasteiger partial charge in [0.05, 0.1) is 29.9 Å². The SMILES string of the molecule is Nc1ccc(N2CCN(c3nc(-n4ncc5ccccc54)c4ncn(CC(=O)O)c4n3)CC2)nc1. The van der Waals surface area contributed by atoms with Gasteiger partial charge in [0.1, 0.15) is 12.4 Å². The van der Waals surface area contributed by atoms with Gasteiger partial charge in [-0.05, 0) is 18.2 Å². The summed E-state index contributed by atoms with van der Waals surface area (Å²) in [6, 6.07) is 11.6. The second-order valence-corrected chi connectivity index (χ2v) is 8.32. The Hall–Kier alpha value is -4.74. The van der Waals surface area contributed by atoms with Crippen LogP contribution in [0.1, 0.15) is 0 Å². The second kappa shape index (κ2) is 8.24. The van der Waals surface area contributed by atoms with Gasteiger partial charge >= 0.3 is 5.97 Å². The summed E-state index contributed by atoms with van der Waals surface area (Å²) in [5.74, 6) is 0.917. The van der Waals surface area contributed by atoms with Crippen molar-refractivity contribution in [1.82, 2.24) is 34.3 Å². The van der Waals surface area contributed by atoms with Gasteiger partial charge in [0.15, 0.2) is 17.0 Å². The minimum absolute atomic E-state index is 0.247. The molecule has 0 amide bonds. The van der Waals surface area contributed by atoms with E-state index in [1.807, 2.05) is 36.4 Å². The molecule has 0 atom stereocenters. The van der Waals surface area contributed by atoms with Crippen LogP contribution < -0.4 is 15.5 Å². The second-order valence-electron chi connectivity index (χ2n) is 8.32. The van der Waals surface area contributed by atoms with Gasteiger partial charge in [0.2, 0.25) is 5.95 Å². The van der Waals surface area contributed by atoms with Crippen molar-refractivity contribution >= 4 is 45.5 Å². The van der Waals surface area contributed by atoms with Crippen LogP contribution in [0.5, 0.6) is 0 Å². The van der Waals surface area contributed by atoms with E-state index in [9.17, 15) is 9.90 Å². The van der Waals surface area contributed by atoms with Crippen molar-refractivity contribution in [3.05, 3.63) is 55.1 Å². The third-order valence-electron chi connectivity index (χ3n) is 6.07. The molecule has 0 unspecified atom stereocenters. The minimum Gasteiger partial charge on any atom is -0.480 e. The van der Waals surface area contributed by atoms with Gasteiger partial charge in [-0.2, -0.15) is 15.1 Å². The average molecular weight is 470 g/mol. The molecule has 12 heteroatoms. The van der Waals surface area contributed by atoms with Crippen LogP contribution in [0.25, 0.3) is 27.9 Å². The zero-order valence-corrected chi connectivity index (χ0v) is 18.7. The fourth-order valence-corrected chi connectivity index (χ4v) is 4.33. The Balaban J connectivity index is 1.39. The lowest BCUT2D eigenvalue weighted by Gasteiger charge is -2.35. The number of carboxylic acids is 1. The lowest BCUT2D eigenvalue weighted by molar-refractivity contribution is -0.137. The molecular formula is C23H22N10O2. The molecule has 4 aromatic heterocycles. The Morgan fingerprint density at radius 3 is 2.54 bits per heavy atom. The summed E-state index contributed by atoms with van der Waals surface area (Å²) in [5.41, 5.74) is 8.22. The van der Waals surface area contributed by atoms with E-state index in [1.54, 1.807) is 17.1 Å². The largest absolute Gasteiger partial charge is 0.480 e. The predicted octanol–water partition coefficient (Wildman–Crippen LogP) is 1.55. The number of hydrogen-bond acceptors (Lipinski definition) is 9. The third-order valence-corrected chi connectivity index (χ3v) is 6.07. The van der Waals surface area contributed by atoms with Crippen molar-refractivity contribution in [3.63, 3.8) is 0 Å². The van der Waals surface area contributed by atoms with Crippen molar-refractivity contribution in [1.29, 1.82) is 0 Å². The molecule has 176 valence electrons. The Morgan fingerprint density at radius 2 is 1.77 bits per heavy atom. The highest BCUT2D eigenvalue weighted by molar-refractivity contribution is 5.86. The predicted molar refractivity (Wildman–Crippen MR) is 131 cm³/mol. The number of nitrogens with zero attached hydrogens (tertiary/aromatic N) is 9. The molecule has 0 aliphatic carbocycles. The first-order chi connectivity index (χ1) is 17.1. The number of nitrogens with two attached hydrogens (primary N) is 1. The number of fused-ring (bicyclic) bond motifs is 2. The molecule has 1 aromatic carbocycles. The molecule has 1 aliphatic heterocycles. The van der Waals surface area contributed by atoms with Crippen LogP contribution in [0.2, 0.25) is 0 Å². The lowest BCUT2D eigenvalue weighted by atomic mass is 10.2. The zero-order chi connectivity index (χ0) is 23.9. The first-order valence-electron chi connectivity index (χ1n) is 11.2. The van der Waals surface area contributed by atoms with E-state index in [2.05, 4.69) is 24.9 Å². The number of para-hydroxylation sites is 1. The maximum absolute atomic E-state index is 11.4. The van der Waals surface area contributed by atoms with Crippen LogP contribution in [0.15, 0.2) is 55.1 Å². The molecule has 5 heterocycles. The maximum Gasteiger partial charge on any atom is 0.323 e. The van der Waals surface area contributed by atoms with Crippen molar-refractivity contribution in [3.8, 4) is 5.82 Å². The molecule has 1 saturated heterocycles. The number of carbonyl (C=O) groups is 1. The van der Waals surface area contributed by atoms with Crippen molar-refractivity contribution in [2.45, 2.75) is 6.54 Å². The molecule has 5 aromatic rings. The number of aromatic nitrogens is 7. The molecule has 35 heavy (non-hydrogen) atoms. The summed E-state index contributed by atoms with van der Waals surface area (Å²) < 4.78 is 3.25. The summed E-state index contributed by atoms with van der Waals surface area (Å²) in [5, 5.41) is 14.9. The number of benzene rings is 1. The van der Waals surface area contributed by atoms with Gasteiger partial charge in [-0.1, -0.05) is 18.2 Å². The summed E-state index contributed by atoms with van der Waals surface area (Å²) in [7, 11) is 0. The van der Waals surface area contributed by atoms with Crippen molar-refractivity contribution < 1.29 is 9.90 Å². The van der Waals surface area contributed by atoms with Crippen LogP contribution in [0.4, 0.5) is 17.5 Å². The van der Waals surface area contributed by atoms with Gasteiger partial charge in [-0.3, -0.25) is 4.79 Å². The third kappa shape index (κ3) is 3.74. The number of imidazole rings is 1. The van der Waals surface area contributed by atoms with Crippen LogP contribution in [0, 0.1) is 0 Å². The molecule has 12 nitrogen and oxygen atoms in total. The smallest absolute Gasteiger partial charge is 0.323 e. The normalized spacial score (nSPS) is 14.2. The number of hydrogen-bond donors (Lipinski definition) is 2. The highest BCUT2D eigenvalue weighted by atomic mass is 16.4. The maximum atomic E-state index is 11.4. The molecule has 0 saturated carbocycles. The Labute approximate surface area is 199 Å². The zero-order valence-electron chi connectivity index (χ0n) is 18.7. The Morgan fingerprint density at radius 1 is 0.971 bits per heavy atom. The molecule has 3 N–H and O–H groups in total. The molecule has 1 fully saturated rings. The van der Waals surface area contributed by atoms with E-state index in [0.29, 0.717) is 41.7 Å². The van der Waals surface area contributed by atoms with Crippen LogP contribution in [-0.4, -0.2) is 71.5 Å². The van der Waals surface area contributed by atoms with E-state index >= 15 is 0 Å². The average Bonchev–Trinajstić information content (AvgIpc) is 3.48. The van der Waals surface area contributed by atoms with E-state index in [4.69, 9.17) is 15.7 Å². The van der Waals surface area contributed by atoms with Gasteiger partial charge in [-0.15, -0.1) is 0 Å².